The van der Waals surface area contributed by atoms with Gasteiger partial charge in [0.05, 0.1) is 5.69 Å². The summed E-state index contributed by atoms with van der Waals surface area (Å²) in [5.74, 6) is 3.73. The molecular weight excluding hydrogens is 250 g/mol. The maximum absolute atomic E-state index is 11.5. The van der Waals surface area contributed by atoms with Crippen molar-refractivity contribution in [3.63, 3.8) is 0 Å². The highest BCUT2D eigenvalue weighted by molar-refractivity contribution is 5.92. The predicted octanol–water partition coefficient (Wildman–Crippen LogP) is 3.81. The first kappa shape index (κ1) is 13.7. The number of amides is 1. The zero-order valence-electron chi connectivity index (χ0n) is 11.2. The summed E-state index contributed by atoms with van der Waals surface area (Å²) in [5, 5.41) is 2.80. The van der Waals surface area contributed by atoms with E-state index in [1.165, 1.54) is 0 Å². The zero-order chi connectivity index (χ0) is 14.4. The first-order valence-corrected chi connectivity index (χ1v) is 6.36. The third-order valence-corrected chi connectivity index (χ3v) is 2.71. The van der Waals surface area contributed by atoms with Gasteiger partial charge in [0.1, 0.15) is 5.75 Å². The van der Waals surface area contributed by atoms with E-state index in [1.54, 1.807) is 25.1 Å². The van der Waals surface area contributed by atoms with Crippen molar-refractivity contribution in [2.75, 3.05) is 5.32 Å². The van der Waals surface area contributed by atoms with Crippen LogP contribution in [0.15, 0.2) is 48.5 Å². The minimum atomic E-state index is -0.0570. The molecule has 2 rings (SSSR count). The van der Waals surface area contributed by atoms with Gasteiger partial charge in [-0.2, -0.15) is 0 Å². The van der Waals surface area contributed by atoms with Crippen molar-refractivity contribution in [2.24, 2.45) is 0 Å². The Labute approximate surface area is 118 Å². The number of terminal acetylenes is 1. The smallest absolute Gasteiger partial charge is 0.224 e. The molecule has 0 saturated carbocycles. The lowest BCUT2D eigenvalue weighted by molar-refractivity contribution is -0.115. The van der Waals surface area contributed by atoms with Crippen LogP contribution in [-0.2, 0) is 4.79 Å². The van der Waals surface area contributed by atoms with Crippen LogP contribution in [0.1, 0.15) is 18.9 Å². The van der Waals surface area contributed by atoms with Crippen LogP contribution in [0.4, 0.5) is 5.69 Å². The highest BCUT2D eigenvalue weighted by Gasteiger charge is 2.07. The van der Waals surface area contributed by atoms with Crippen molar-refractivity contribution in [1.82, 2.24) is 0 Å². The molecule has 0 spiro atoms. The van der Waals surface area contributed by atoms with Gasteiger partial charge in [-0.3, -0.25) is 4.79 Å². The minimum Gasteiger partial charge on any atom is -0.455 e. The average molecular weight is 265 g/mol. The SMILES string of the molecule is C#Cc1cccc(Oc2ccccc2NC(=O)CC)c1. The maximum Gasteiger partial charge on any atom is 0.224 e. The molecule has 0 aliphatic heterocycles. The normalized spacial score (nSPS) is 9.60. The van der Waals surface area contributed by atoms with Gasteiger partial charge in [0.25, 0.3) is 0 Å². The summed E-state index contributed by atoms with van der Waals surface area (Å²) in [6.07, 6.45) is 5.78. The summed E-state index contributed by atoms with van der Waals surface area (Å²) in [4.78, 5) is 11.5. The molecule has 100 valence electrons. The molecule has 3 nitrogen and oxygen atoms in total. The van der Waals surface area contributed by atoms with Gasteiger partial charge in [-0.1, -0.05) is 31.0 Å². The Morgan fingerprint density at radius 1 is 1.25 bits per heavy atom. The fourth-order valence-corrected chi connectivity index (χ4v) is 1.67. The summed E-state index contributed by atoms with van der Waals surface area (Å²) in [6.45, 7) is 1.80. The quantitative estimate of drug-likeness (QED) is 0.854. The van der Waals surface area contributed by atoms with E-state index in [1.807, 2.05) is 30.3 Å². The van der Waals surface area contributed by atoms with Crippen molar-refractivity contribution in [2.45, 2.75) is 13.3 Å². The summed E-state index contributed by atoms with van der Waals surface area (Å²) in [5.41, 5.74) is 1.39. The van der Waals surface area contributed by atoms with E-state index in [0.29, 0.717) is 23.6 Å². The second kappa shape index (κ2) is 6.44. The Kier molecular flexibility index (Phi) is 4.41. The zero-order valence-corrected chi connectivity index (χ0v) is 11.2. The number of nitrogens with one attached hydrogen (secondary N) is 1. The molecule has 0 fully saturated rings. The van der Waals surface area contributed by atoms with Gasteiger partial charge in [0, 0.05) is 12.0 Å². The lowest BCUT2D eigenvalue weighted by Gasteiger charge is -2.12. The Balaban J connectivity index is 2.24. The number of carbonyl (C=O) groups excluding carboxylic acids is 1. The van der Waals surface area contributed by atoms with Crippen LogP contribution in [0.2, 0.25) is 0 Å². The molecule has 0 radical (unpaired) electrons. The molecular formula is C17H15NO2. The molecule has 0 heterocycles. The minimum absolute atomic E-state index is 0.0570. The number of benzene rings is 2. The van der Waals surface area contributed by atoms with Crippen LogP contribution in [0, 0.1) is 12.3 Å². The van der Waals surface area contributed by atoms with Crippen molar-refractivity contribution in [1.29, 1.82) is 0 Å². The standard InChI is InChI=1S/C17H15NO2/c1-3-13-8-7-9-14(12-13)20-16-11-6-5-10-15(16)18-17(19)4-2/h1,5-12H,4H2,2H3,(H,18,19). The molecule has 0 atom stereocenters. The molecule has 0 aliphatic rings. The highest BCUT2D eigenvalue weighted by Crippen LogP contribution is 2.29. The van der Waals surface area contributed by atoms with Gasteiger partial charge in [-0.05, 0) is 30.3 Å². The largest absolute Gasteiger partial charge is 0.455 e. The van der Waals surface area contributed by atoms with Crippen LogP contribution < -0.4 is 10.1 Å². The first-order chi connectivity index (χ1) is 9.72. The van der Waals surface area contributed by atoms with Crippen LogP contribution >= 0.6 is 0 Å². The number of para-hydroxylation sites is 2. The van der Waals surface area contributed by atoms with Gasteiger partial charge in [-0.25, -0.2) is 0 Å². The molecule has 2 aromatic carbocycles. The average Bonchev–Trinajstić information content (AvgIpc) is 2.49. The number of anilines is 1. The Morgan fingerprint density at radius 3 is 2.80 bits per heavy atom. The van der Waals surface area contributed by atoms with E-state index in [2.05, 4.69) is 11.2 Å². The number of rotatable bonds is 4. The van der Waals surface area contributed by atoms with E-state index in [0.717, 1.165) is 5.56 Å². The van der Waals surface area contributed by atoms with E-state index in [9.17, 15) is 4.79 Å². The van der Waals surface area contributed by atoms with Crippen molar-refractivity contribution < 1.29 is 9.53 Å². The Morgan fingerprint density at radius 2 is 2.05 bits per heavy atom. The topological polar surface area (TPSA) is 38.3 Å². The second-order valence-corrected chi connectivity index (χ2v) is 4.17. The Hall–Kier alpha value is -2.73. The fraction of sp³-hybridized carbons (Fsp3) is 0.118. The Bertz CT molecular complexity index is 656. The second-order valence-electron chi connectivity index (χ2n) is 4.17. The molecule has 0 saturated heterocycles. The number of hydrogen-bond donors (Lipinski definition) is 1. The van der Waals surface area contributed by atoms with Crippen LogP contribution in [0.3, 0.4) is 0 Å². The molecule has 20 heavy (non-hydrogen) atoms. The van der Waals surface area contributed by atoms with Crippen LogP contribution in [-0.4, -0.2) is 5.91 Å². The van der Waals surface area contributed by atoms with Crippen molar-refractivity contribution >= 4 is 11.6 Å². The summed E-state index contributed by atoms with van der Waals surface area (Å²) in [7, 11) is 0. The number of hydrogen-bond acceptors (Lipinski definition) is 2. The van der Waals surface area contributed by atoms with E-state index >= 15 is 0 Å². The fourth-order valence-electron chi connectivity index (χ4n) is 1.67. The first-order valence-electron chi connectivity index (χ1n) is 6.36. The van der Waals surface area contributed by atoms with E-state index < -0.39 is 0 Å². The summed E-state index contributed by atoms with van der Waals surface area (Å²) < 4.78 is 5.79. The third kappa shape index (κ3) is 3.39. The number of carbonyl (C=O) groups is 1. The van der Waals surface area contributed by atoms with E-state index in [-0.39, 0.29) is 5.91 Å². The van der Waals surface area contributed by atoms with Crippen LogP contribution in [0.5, 0.6) is 11.5 Å². The third-order valence-electron chi connectivity index (χ3n) is 2.71. The van der Waals surface area contributed by atoms with Gasteiger partial charge in [-0.15, -0.1) is 6.42 Å². The van der Waals surface area contributed by atoms with Crippen LogP contribution in [0.25, 0.3) is 0 Å². The lowest BCUT2D eigenvalue weighted by atomic mass is 10.2. The maximum atomic E-state index is 11.5. The van der Waals surface area contributed by atoms with E-state index in [4.69, 9.17) is 11.2 Å². The molecule has 1 amide bonds. The molecule has 0 unspecified atom stereocenters. The molecule has 0 aromatic heterocycles. The summed E-state index contributed by atoms with van der Waals surface area (Å²) in [6, 6.07) is 14.5. The van der Waals surface area contributed by atoms with Crippen molar-refractivity contribution in [3.05, 3.63) is 54.1 Å². The molecule has 3 heteroatoms. The highest BCUT2D eigenvalue weighted by atomic mass is 16.5. The molecule has 0 bridgehead atoms. The van der Waals surface area contributed by atoms with Gasteiger partial charge < -0.3 is 10.1 Å². The van der Waals surface area contributed by atoms with Crippen molar-refractivity contribution in [3.8, 4) is 23.8 Å². The summed E-state index contributed by atoms with van der Waals surface area (Å²) >= 11 is 0. The monoisotopic (exact) mass is 265 g/mol. The lowest BCUT2D eigenvalue weighted by Crippen LogP contribution is -2.10. The number of ether oxygens (including phenoxy) is 1. The van der Waals surface area contributed by atoms with Gasteiger partial charge in [0.2, 0.25) is 5.91 Å². The van der Waals surface area contributed by atoms with Gasteiger partial charge >= 0.3 is 0 Å². The molecule has 0 aliphatic carbocycles. The van der Waals surface area contributed by atoms with Gasteiger partial charge in [0.15, 0.2) is 5.75 Å². The predicted molar refractivity (Wildman–Crippen MR) is 79.8 cm³/mol. The molecule has 2 aromatic rings. The molecule has 1 N–H and O–H groups in total.